The second-order valence-corrected chi connectivity index (χ2v) is 8.10. The van der Waals surface area contributed by atoms with Crippen LogP contribution in [0, 0.1) is 16.7 Å². The summed E-state index contributed by atoms with van der Waals surface area (Å²) >= 11 is 0. The molecule has 0 radical (unpaired) electrons. The normalized spacial score (nSPS) is 20.1. The summed E-state index contributed by atoms with van der Waals surface area (Å²) in [4.78, 5) is 12.0. The minimum Gasteiger partial charge on any atom is -0.496 e. The Morgan fingerprint density at radius 3 is 2.48 bits per heavy atom. The van der Waals surface area contributed by atoms with E-state index in [-0.39, 0.29) is 17.4 Å². The van der Waals surface area contributed by atoms with E-state index in [9.17, 15) is 18.0 Å². The summed E-state index contributed by atoms with van der Waals surface area (Å²) in [6, 6.07) is 0.704. The van der Waals surface area contributed by atoms with Gasteiger partial charge in [0.15, 0.2) is 0 Å². The summed E-state index contributed by atoms with van der Waals surface area (Å²) in [6.07, 6.45) is -2.14. The zero-order valence-corrected chi connectivity index (χ0v) is 16.9. The summed E-state index contributed by atoms with van der Waals surface area (Å²) in [5.41, 5.74) is -1.96. The van der Waals surface area contributed by atoms with Crippen LogP contribution in [0.2, 0.25) is 0 Å². The second kappa shape index (κ2) is 8.46. The second-order valence-electron chi connectivity index (χ2n) is 8.10. The van der Waals surface area contributed by atoms with E-state index in [2.05, 4.69) is 5.32 Å². The largest absolute Gasteiger partial charge is 0.496 e. The fourth-order valence-electron chi connectivity index (χ4n) is 3.35. The number of amides is 1. The van der Waals surface area contributed by atoms with Crippen molar-refractivity contribution in [1.82, 2.24) is 9.88 Å². The van der Waals surface area contributed by atoms with Gasteiger partial charge in [0.05, 0.1) is 7.11 Å². The molecule has 1 amide bonds. The number of halogens is 3. The predicted octanol–water partition coefficient (Wildman–Crippen LogP) is 3.90. The van der Waals surface area contributed by atoms with Crippen molar-refractivity contribution < 1.29 is 27.4 Å². The van der Waals surface area contributed by atoms with Crippen molar-refractivity contribution in [3.63, 3.8) is 0 Å². The standard InChI is InChI=1S/C19H27F3N4O3/c1-18(2,3)29-17(27)25-12-7-5-6-11(8-12)16(24)26-10-13(19(20,21)22)14(28-4)9-15(26)23/h9-12,23-24H,5-8H2,1-4H3,(H,25,27)/t11-,12+/m0/s1. The lowest BCUT2D eigenvalue weighted by Gasteiger charge is -2.31. The molecule has 162 valence electrons. The quantitative estimate of drug-likeness (QED) is 0.515. The molecule has 29 heavy (non-hydrogen) atoms. The average molecular weight is 416 g/mol. The highest BCUT2D eigenvalue weighted by Crippen LogP contribution is 2.35. The molecule has 2 rings (SSSR count). The molecule has 1 aliphatic carbocycles. The molecule has 1 heterocycles. The third-order valence-electron chi connectivity index (χ3n) is 4.62. The minimum absolute atomic E-state index is 0.112. The maximum atomic E-state index is 13.3. The van der Waals surface area contributed by atoms with Gasteiger partial charge in [0.2, 0.25) is 0 Å². The first-order valence-corrected chi connectivity index (χ1v) is 9.32. The zero-order valence-electron chi connectivity index (χ0n) is 16.9. The van der Waals surface area contributed by atoms with Crippen LogP contribution in [0.5, 0.6) is 5.75 Å². The van der Waals surface area contributed by atoms with Gasteiger partial charge in [-0.05, 0) is 40.0 Å². The third-order valence-corrected chi connectivity index (χ3v) is 4.62. The van der Waals surface area contributed by atoms with Gasteiger partial charge in [-0.2, -0.15) is 13.2 Å². The monoisotopic (exact) mass is 416 g/mol. The Bertz CT molecular complexity index is 827. The molecule has 0 spiro atoms. The Hall–Kier alpha value is -2.52. The minimum atomic E-state index is -4.67. The van der Waals surface area contributed by atoms with Crippen LogP contribution < -0.4 is 15.5 Å². The van der Waals surface area contributed by atoms with Crippen molar-refractivity contribution in [2.24, 2.45) is 5.92 Å². The number of hydrogen-bond acceptors (Lipinski definition) is 5. The lowest BCUT2D eigenvalue weighted by molar-refractivity contribution is -0.139. The number of rotatable bonds is 3. The Kier molecular flexibility index (Phi) is 6.64. The van der Waals surface area contributed by atoms with Crippen molar-refractivity contribution >= 4 is 11.9 Å². The Morgan fingerprint density at radius 2 is 1.93 bits per heavy atom. The van der Waals surface area contributed by atoms with E-state index in [1.807, 2.05) is 0 Å². The Morgan fingerprint density at radius 1 is 1.28 bits per heavy atom. The summed E-state index contributed by atoms with van der Waals surface area (Å²) in [7, 11) is 1.10. The topological polar surface area (TPSA) is 100 Å². The first-order valence-electron chi connectivity index (χ1n) is 9.32. The van der Waals surface area contributed by atoms with E-state index in [4.69, 9.17) is 20.3 Å². The van der Waals surface area contributed by atoms with Gasteiger partial charge in [-0.15, -0.1) is 0 Å². The van der Waals surface area contributed by atoms with Crippen LogP contribution >= 0.6 is 0 Å². The lowest BCUT2D eigenvalue weighted by atomic mass is 9.84. The molecule has 0 bridgehead atoms. The van der Waals surface area contributed by atoms with Crippen LogP contribution in [0.15, 0.2) is 12.3 Å². The first-order chi connectivity index (χ1) is 13.3. The number of nitrogens with one attached hydrogen (secondary N) is 3. The van der Waals surface area contributed by atoms with Crippen molar-refractivity contribution in [3.05, 3.63) is 23.3 Å². The fraction of sp³-hybridized carbons (Fsp3) is 0.632. The highest BCUT2D eigenvalue weighted by atomic mass is 19.4. The Labute approximate surface area is 167 Å². The number of aromatic nitrogens is 1. The van der Waals surface area contributed by atoms with Crippen LogP contribution in [-0.2, 0) is 10.9 Å². The van der Waals surface area contributed by atoms with Crippen molar-refractivity contribution in [2.45, 2.75) is 64.3 Å². The molecule has 1 saturated carbocycles. The number of pyridine rings is 1. The molecule has 1 aromatic rings. The van der Waals surface area contributed by atoms with E-state index >= 15 is 0 Å². The van der Waals surface area contributed by atoms with Crippen molar-refractivity contribution in [3.8, 4) is 5.75 Å². The van der Waals surface area contributed by atoms with Crippen LogP contribution in [0.3, 0.4) is 0 Å². The highest BCUT2D eigenvalue weighted by molar-refractivity contribution is 5.84. The number of methoxy groups -OCH3 is 1. The van der Waals surface area contributed by atoms with Gasteiger partial charge in [0, 0.05) is 24.2 Å². The zero-order chi connectivity index (χ0) is 22.0. The highest BCUT2D eigenvalue weighted by Gasteiger charge is 2.36. The fourth-order valence-corrected chi connectivity index (χ4v) is 3.35. The van der Waals surface area contributed by atoms with E-state index in [1.54, 1.807) is 20.8 Å². The molecule has 7 nitrogen and oxygen atoms in total. The van der Waals surface area contributed by atoms with Gasteiger partial charge < -0.3 is 14.8 Å². The van der Waals surface area contributed by atoms with Crippen LogP contribution in [-0.4, -0.2) is 35.2 Å². The average Bonchev–Trinajstić information content (AvgIpc) is 2.58. The molecule has 1 aliphatic rings. The van der Waals surface area contributed by atoms with Gasteiger partial charge in [-0.3, -0.25) is 15.4 Å². The van der Waals surface area contributed by atoms with E-state index < -0.39 is 35.1 Å². The number of alkyl halides is 3. The molecular formula is C19H27F3N4O3. The molecule has 1 aromatic heterocycles. The number of ether oxygens (including phenoxy) is 2. The molecule has 1 fully saturated rings. The number of alkyl carbamates (subject to hydrolysis) is 1. The molecule has 0 unspecified atom stereocenters. The SMILES string of the molecule is COc1cc(=N)n(C(=N)[C@H]2CCC[C@@H](NC(=O)OC(C)(C)C)C2)cc1C(F)(F)F. The number of carbonyl (C=O) groups is 1. The van der Waals surface area contributed by atoms with Gasteiger partial charge >= 0.3 is 12.3 Å². The number of nitrogens with zero attached hydrogens (tertiary/aromatic N) is 1. The smallest absolute Gasteiger partial charge is 0.421 e. The van der Waals surface area contributed by atoms with Gasteiger partial charge in [-0.1, -0.05) is 6.42 Å². The third kappa shape index (κ3) is 5.98. The number of carbonyl (C=O) groups excluding carboxylic acids is 1. The number of hydrogen-bond donors (Lipinski definition) is 3. The van der Waals surface area contributed by atoms with E-state index in [0.717, 1.165) is 23.9 Å². The summed E-state index contributed by atoms with van der Waals surface area (Å²) in [5, 5.41) is 19.2. The van der Waals surface area contributed by atoms with Gasteiger partial charge in [0.25, 0.3) is 0 Å². The van der Waals surface area contributed by atoms with E-state index in [0.29, 0.717) is 25.7 Å². The predicted molar refractivity (Wildman–Crippen MR) is 100 cm³/mol. The summed E-state index contributed by atoms with van der Waals surface area (Å²) in [5.74, 6) is -0.967. The molecule has 0 aromatic carbocycles. The molecule has 2 atom stereocenters. The summed E-state index contributed by atoms with van der Waals surface area (Å²) < 4.78 is 50.8. The van der Waals surface area contributed by atoms with Crippen LogP contribution in [0.1, 0.15) is 52.0 Å². The van der Waals surface area contributed by atoms with Crippen LogP contribution in [0.25, 0.3) is 0 Å². The lowest BCUT2D eigenvalue weighted by Crippen LogP contribution is -2.44. The Balaban J connectivity index is 2.19. The molecule has 0 aliphatic heterocycles. The first kappa shape index (κ1) is 22.8. The molecule has 10 heteroatoms. The van der Waals surface area contributed by atoms with Gasteiger partial charge in [0.1, 0.15) is 28.2 Å². The van der Waals surface area contributed by atoms with Crippen molar-refractivity contribution in [2.75, 3.05) is 7.11 Å². The summed E-state index contributed by atoms with van der Waals surface area (Å²) in [6.45, 7) is 5.25. The molecule has 0 saturated heterocycles. The van der Waals surface area contributed by atoms with E-state index in [1.165, 1.54) is 0 Å². The molecular weight excluding hydrogens is 389 g/mol. The molecule has 3 N–H and O–H groups in total. The maximum absolute atomic E-state index is 13.3. The van der Waals surface area contributed by atoms with Crippen molar-refractivity contribution in [1.29, 1.82) is 10.8 Å². The maximum Gasteiger partial charge on any atom is 0.421 e. The van der Waals surface area contributed by atoms with Gasteiger partial charge in [-0.25, -0.2) is 4.79 Å². The van der Waals surface area contributed by atoms with Crippen LogP contribution in [0.4, 0.5) is 18.0 Å².